The van der Waals surface area contributed by atoms with Crippen LogP contribution in [0.5, 0.6) is 0 Å². The Bertz CT molecular complexity index is 1190. The molecule has 3 N–H and O–H groups in total. The molecule has 36 heavy (non-hydrogen) atoms. The van der Waals surface area contributed by atoms with Crippen LogP contribution in [-0.2, 0) is 9.53 Å². The SMILES string of the molecule is C[C@@H](NC(=O)OC(C)(C)C)C(=O)NC1CCC(Nc2cccc3c2C(=O)c2ccccc2C3=O)CC1. The van der Waals surface area contributed by atoms with E-state index in [2.05, 4.69) is 16.0 Å². The number of carbonyl (C=O) groups excluding carboxylic acids is 4. The molecule has 0 unspecified atom stereocenters. The first-order valence-electron chi connectivity index (χ1n) is 12.4. The fourth-order valence-electron chi connectivity index (χ4n) is 4.74. The molecule has 2 aliphatic rings. The minimum atomic E-state index is -0.710. The molecular formula is C28H33N3O5. The second-order valence-corrected chi connectivity index (χ2v) is 10.5. The highest BCUT2D eigenvalue weighted by molar-refractivity contribution is 6.30. The van der Waals surface area contributed by atoms with Crippen LogP contribution in [0.3, 0.4) is 0 Å². The van der Waals surface area contributed by atoms with Gasteiger partial charge in [0.15, 0.2) is 11.6 Å². The molecular weight excluding hydrogens is 458 g/mol. The third kappa shape index (κ3) is 5.58. The summed E-state index contributed by atoms with van der Waals surface area (Å²) < 4.78 is 5.21. The third-order valence-electron chi connectivity index (χ3n) is 6.51. The summed E-state index contributed by atoms with van der Waals surface area (Å²) in [6, 6.07) is 11.7. The van der Waals surface area contributed by atoms with Gasteiger partial charge in [-0.2, -0.15) is 0 Å². The van der Waals surface area contributed by atoms with Gasteiger partial charge in [-0.3, -0.25) is 14.4 Å². The van der Waals surface area contributed by atoms with Gasteiger partial charge in [-0.25, -0.2) is 4.79 Å². The molecule has 0 aliphatic heterocycles. The number of hydrogen-bond donors (Lipinski definition) is 3. The quantitative estimate of drug-likeness (QED) is 0.493. The van der Waals surface area contributed by atoms with Gasteiger partial charge in [0.25, 0.3) is 0 Å². The Morgan fingerprint density at radius 1 is 0.861 bits per heavy atom. The molecule has 2 aromatic carbocycles. The first kappa shape index (κ1) is 25.4. The third-order valence-corrected chi connectivity index (χ3v) is 6.51. The van der Waals surface area contributed by atoms with Crippen molar-refractivity contribution in [1.29, 1.82) is 0 Å². The van der Waals surface area contributed by atoms with Gasteiger partial charge in [-0.05, 0) is 59.4 Å². The molecule has 0 saturated heterocycles. The first-order chi connectivity index (χ1) is 17.0. The smallest absolute Gasteiger partial charge is 0.408 e. The molecule has 190 valence electrons. The molecule has 0 bridgehead atoms. The molecule has 0 aromatic heterocycles. The molecule has 2 aliphatic carbocycles. The van der Waals surface area contributed by atoms with Crippen molar-refractivity contribution < 1.29 is 23.9 Å². The number of fused-ring (bicyclic) bond motifs is 2. The largest absolute Gasteiger partial charge is 0.444 e. The summed E-state index contributed by atoms with van der Waals surface area (Å²) in [7, 11) is 0. The Kier molecular flexibility index (Phi) is 7.15. The zero-order valence-corrected chi connectivity index (χ0v) is 21.1. The van der Waals surface area contributed by atoms with Gasteiger partial charge < -0.3 is 20.7 Å². The van der Waals surface area contributed by atoms with E-state index in [0.29, 0.717) is 27.9 Å². The summed E-state index contributed by atoms with van der Waals surface area (Å²) in [6.07, 6.45) is 2.48. The highest BCUT2D eigenvalue weighted by Crippen LogP contribution is 2.33. The Morgan fingerprint density at radius 2 is 1.44 bits per heavy atom. The summed E-state index contributed by atoms with van der Waals surface area (Å²) in [5, 5.41) is 9.05. The average molecular weight is 492 g/mol. The fraction of sp³-hybridized carbons (Fsp3) is 0.429. The van der Waals surface area contributed by atoms with Crippen LogP contribution in [0.1, 0.15) is 85.2 Å². The monoisotopic (exact) mass is 491 g/mol. The number of carbonyl (C=O) groups is 4. The van der Waals surface area contributed by atoms with Crippen LogP contribution in [0.25, 0.3) is 0 Å². The second kappa shape index (κ2) is 10.1. The van der Waals surface area contributed by atoms with Crippen molar-refractivity contribution in [3.05, 3.63) is 64.7 Å². The molecule has 4 rings (SSSR count). The van der Waals surface area contributed by atoms with Crippen LogP contribution in [0.2, 0.25) is 0 Å². The minimum absolute atomic E-state index is 0.00166. The zero-order valence-electron chi connectivity index (χ0n) is 21.1. The van der Waals surface area contributed by atoms with E-state index in [1.807, 2.05) is 6.07 Å². The van der Waals surface area contributed by atoms with Crippen molar-refractivity contribution in [3.8, 4) is 0 Å². The summed E-state index contributed by atoms with van der Waals surface area (Å²) in [5.41, 5.74) is 1.77. The Hall–Kier alpha value is -3.68. The van der Waals surface area contributed by atoms with E-state index in [4.69, 9.17) is 4.74 Å². The molecule has 2 amide bonds. The molecule has 1 fully saturated rings. The average Bonchev–Trinajstić information content (AvgIpc) is 2.82. The molecule has 8 nitrogen and oxygen atoms in total. The zero-order chi connectivity index (χ0) is 26.0. The Balaban J connectivity index is 1.34. The second-order valence-electron chi connectivity index (χ2n) is 10.5. The number of rotatable bonds is 5. The maximum Gasteiger partial charge on any atom is 0.408 e. The topological polar surface area (TPSA) is 114 Å². The number of benzene rings is 2. The maximum absolute atomic E-state index is 13.2. The standard InChI is InChI=1S/C28H33N3O5/c1-16(29-27(35)36-28(2,3)4)26(34)31-18-14-12-17(13-15-18)30-22-11-7-10-21-23(22)25(33)20-9-6-5-8-19(20)24(21)32/h5-11,16-18,30H,12-15H2,1-4H3,(H,29,35)(H,31,34)/t16-,17?,18?/m1/s1. The number of alkyl carbamates (subject to hydrolysis) is 1. The maximum atomic E-state index is 13.2. The van der Waals surface area contributed by atoms with E-state index in [9.17, 15) is 19.2 Å². The van der Waals surface area contributed by atoms with E-state index in [1.54, 1.807) is 64.1 Å². The number of hydrogen-bond acceptors (Lipinski definition) is 6. The van der Waals surface area contributed by atoms with Crippen molar-refractivity contribution in [1.82, 2.24) is 10.6 Å². The van der Waals surface area contributed by atoms with Crippen LogP contribution in [-0.4, -0.2) is 47.3 Å². The number of ketones is 2. The van der Waals surface area contributed by atoms with Gasteiger partial charge >= 0.3 is 6.09 Å². The minimum Gasteiger partial charge on any atom is -0.444 e. The Labute approximate surface area is 211 Å². The molecule has 8 heteroatoms. The van der Waals surface area contributed by atoms with Crippen LogP contribution in [0, 0.1) is 0 Å². The predicted molar refractivity (Wildman–Crippen MR) is 136 cm³/mol. The van der Waals surface area contributed by atoms with Gasteiger partial charge in [0, 0.05) is 34.5 Å². The van der Waals surface area contributed by atoms with Crippen LogP contribution < -0.4 is 16.0 Å². The predicted octanol–water partition coefficient (Wildman–Crippen LogP) is 4.21. The summed E-state index contributed by atoms with van der Waals surface area (Å²) in [5.74, 6) is -0.530. The lowest BCUT2D eigenvalue weighted by Crippen LogP contribution is -2.50. The molecule has 2 aromatic rings. The van der Waals surface area contributed by atoms with Gasteiger partial charge in [-0.15, -0.1) is 0 Å². The Morgan fingerprint density at radius 3 is 2.08 bits per heavy atom. The lowest BCUT2D eigenvalue weighted by atomic mass is 9.83. The molecule has 0 radical (unpaired) electrons. The van der Waals surface area contributed by atoms with Crippen LogP contribution >= 0.6 is 0 Å². The fourth-order valence-corrected chi connectivity index (χ4v) is 4.74. The van der Waals surface area contributed by atoms with Crippen molar-refractivity contribution in [2.24, 2.45) is 0 Å². The number of ether oxygens (including phenoxy) is 1. The summed E-state index contributed by atoms with van der Waals surface area (Å²) in [6.45, 7) is 6.92. The molecule has 0 heterocycles. The molecule has 1 saturated carbocycles. The van der Waals surface area contributed by atoms with Crippen molar-refractivity contribution in [3.63, 3.8) is 0 Å². The van der Waals surface area contributed by atoms with Gasteiger partial charge in [0.05, 0.1) is 5.56 Å². The van der Waals surface area contributed by atoms with Gasteiger partial charge in [-0.1, -0.05) is 36.4 Å². The lowest BCUT2D eigenvalue weighted by Gasteiger charge is -2.32. The van der Waals surface area contributed by atoms with E-state index >= 15 is 0 Å². The summed E-state index contributed by atoms with van der Waals surface area (Å²) >= 11 is 0. The lowest BCUT2D eigenvalue weighted by molar-refractivity contribution is -0.123. The van der Waals surface area contributed by atoms with E-state index < -0.39 is 17.7 Å². The van der Waals surface area contributed by atoms with Crippen molar-refractivity contribution in [2.75, 3.05) is 5.32 Å². The number of anilines is 1. The first-order valence-corrected chi connectivity index (χ1v) is 12.4. The van der Waals surface area contributed by atoms with E-state index in [-0.39, 0.29) is 29.6 Å². The molecule has 1 atom stereocenters. The highest BCUT2D eigenvalue weighted by atomic mass is 16.6. The van der Waals surface area contributed by atoms with E-state index in [0.717, 1.165) is 25.7 Å². The van der Waals surface area contributed by atoms with Crippen LogP contribution in [0.15, 0.2) is 42.5 Å². The van der Waals surface area contributed by atoms with Gasteiger partial charge in [0.1, 0.15) is 11.6 Å². The highest BCUT2D eigenvalue weighted by Gasteiger charge is 2.32. The normalized spacial score (nSPS) is 20.0. The summed E-state index contributed by atoms with van der Waals surface area (Å²) in [4.78, 5) is 50.7. The number of amides is 2. The van der Waals surface area contributed by atoms with Crippen molar-refractivity contribution in [2.45, 2.75) is 77.1 Å². The van der Waals surface area contributed by atoms with Crippen LogP contribution in [0.4, 0.5) is 10.5 Å². The van der Waals surface area contributed by atoms with E-state index in [1.165, 1.54) is 0 Å². The van der Waals surface area contributed by atoms with Gasteiger partial charge in [0.2, 0.25) is 5.91 Å². The number of nitrogens with one attached hydrogen (secondary N) is 3. The van der Waals surface area contributed by atoms with Crippen molar-refractivity contribution >= 4 is 29.3 Å². The molecule has 0 spiro atoms.